The average molecular weight is 361 g/mol. The number of nitrogens with zero attached hydrogens (tertiary/aromatic N) is 2. The van der Waals surface area contributed by atoms with E-state index in [0.717, 1.165) is 5.56 Å². The molecule has 106 valence electrons. The molecule has 0 atom stereocenters. The van der Waals surface area contributed by atoms with Gasteiger partial charge in [0, 0.05) is 10.2 Å². The molecule has 1 heterocycles. The molecular formula is C12H10BrFN2O3S. The highest BCUT2D eigenvalue weighted by Crippen LogP contribution is 2.24. The Balaban J connectivity index is 1.99. The summed E-state index contributed by atoms with van der Waals surface area (Å²) in [5, 5.41) is 7.54. The van der Waals surface area contributed by atoms with Crippen LogP contribution >= 0.6 is 27.7 Å². The van der Waals surface area contributed by atoms with Crippen LogP contribution in [0.15, 0.2) is 32.3 Å². The number of halogens is 2. The zero-order chi connectivity index (χ0) is 14.5. The molecule has 0 spiro atoms. The highest BCUT2D eigenvalue weighted by molar-refractivity contribution is 9.10. The fraction of sp³-hybridized carbons (Fsp3) is 0.250. The number of aromatic nitrogens is 2. The van der Waals surface area contributed by atoms with E-state index in [0.29, 0.717) is 10.2 Å². The van der Waals surface area contributed by atoms with E-state index in [-0.39, 0.29) is 23.5 Å². The first-order valence-corrected chi connectivity index (χ1v) is 7.44. The quantitative estimate of drug-likeness (QED) is 0.601. The molecule has 0 radical (unpaired) electrons. The normalized spacial score (nSPS) is 10.6. The molecule has 2 aromatic rings. The molecule has 0 bridgehead atoms. The third-order valence-electron chi connectivity index (χ3n) is 2.14. The number of rotatable bonds is 5. The fourth-order valence-corrected chi connectivity index (χ4v) is 2.59. The topological polar surface area (TPSA) is 65.2 Å². The summed E-state index contributed by atoms with van der Waals surface area (Å²) in [4.78, 5) is 11.3. The third-order valence-corrected chi connectivity index (χ3v) is 3.49. The van der Waals surface area contributed by atoms with E-state index < -0.39 is 5.97 Å². The second kappa shape index (κ2) is 6.85. The smallest absolute Gasteiger partial charge is 0.396 e. The highest BCUT2D eigenvalue weighted by atomic mass is 79.9. The van der Waals surface area contributed by atoms with E-state index in [9.17, 15) is 9.18 Å². The molecular weight excluding hydrogens is 351 g/mol. The average Bonchev–Trinajstić information content (AvgIpc) is 2.84. The molecule has 0 amide bonds. The van der Waals surface area contributed by atoms with Crippen molar-refractivity contribution in [1.82, 2.24) is 10.2 Å². The van der Waals surface area contributed by atoms with Crippen LogP contribution in [-0.2, 0) is 10.5 Å². The molecule has 8 heteroatoms. The van der Waals surface area contributed by atoms with Gasteiger partial charge in [0.1, 0.15) is 5.82 Å². The lowest BCUT2D eigenvalue weighted by Gasteiger charge is -2.00. The molecule has 5 nitrogen and oxygen atoms in total. The van der Waals surface area contributed by atoms with Gasteiger partial charge in [-0.3, -0.25) is 0 Å². The van der Waals surface area contributed by atoms with Gasteiger partial charge in [-0.15, -0.1) is 5.10 Å². The molecule has 0 unspecified atom stereocenters. The van der Waals surface area contributed by atoms with Crippen LogP contribution in [0.4, 0.5) is 4.39 Å². The summed E-state index contributed by atoms with van der Waals surface area (Å²) in [7, 11) is 0. The number of esters is 1. The van der Waals surface area contributed by atoms with Gasteiger partial charge >= 0.3 is 11.9 Å². The van der Waals surface area contributed by atoms with Crippen molar-refractivity contribution in [2.24, 2.45) is 0 Å². The summed E-state index contributed by atoms with van der Waals surface area (Å²) < 4.78 is 23.7. The Labute approximate surface area is 127 Å². The van der Waals surface area contributed by atoms with E-state index in [2.05, 4.69) is 26.1 Å². The van der Waals surface area contributed by atoms with Gasteiger partial charge in [-0.2, -0.15) is 0 Å². The molecule has 0 aliphatic carbocycles. The number of carbonyl (C=O) groups is 1. The second-order valence-corrected chi connectivity index (χ2v) is 5.50. The van der Waals surface area contributed by atoms with Crippen LogP contribution in [0.3, 0.4) is 0 Å². The van der Waals surface area contributed by atoms with Crippen molar-refractivity contribution >= 4 is 33.7 Å². The van der Waals surface area contributed by atoms with Crippen LogP contribution in [0.5, 0.6) is 0 Å². The summed E-state index contributed by atoms with van der Waals surface area (Å²) in [5.41, 5.74) is 0.762. The lowest BCUT2D eigenvalue weighted by Crippen LogP contribution is -2.04. The Kier molecular flexibility index (Phi) is 5.13. The van der Waals surface area contributed by atoms with Crippen LogP contribution in [0.2, 0.25) is 0 Å². The molecule has 20 heavy (non-hydrogen) atoms. The van der Waals surface area contributed by atoms with Crippen molar-refractivity contribution in [2.75, 3.05) is 6.61 Å². The first kappa shape index (κ1) is 15.0. The van der Waals surface area contributed by atoms with Gasteiger partial charge in [0.15, 0.2) is 0 Å². The number of benzene rings is 1. The molecule has 1 aromatic heterocycles. The van der Waals surface area contributed by atoms with Crippen LogP contribution in [-0.4, -0.2) is 22.8 Å². The summed E-state index contributed by atoms with van der Waals surface area (Å²) in [6.45, 7) is 1.92. The minimum atomic E-state index is -0.652. The van der Waals surface area contributed by atoms with E-state index in [4.69, 9.17) is 9.15 Å². The van der Waals surface area contributed by atoms with Crippen LogP contribution < -0.4 is 0 Å². The summed E-state index contributed by atoms with van der Waals surface area (Å²) in [6.07, 6.45) is 0. The Bertz CT molecular complexity index is 600. The molecule has 0 N–H and O–H groups in total. The van der Waals surface area contributed by atoms with Crippen LogP contribution in [0.1, 0.15) is 23.2 Å². The molecule has 0 aliphatic heterocycles. The Morgan fingerprint density at radius 1 is 1.45 bits per heavy atom. The molecule has 0 saturated heterocycles. The van der Waals surface area contributed by atoms with Gasteiger partial charge in [-0.05, 0) is 30.7 Å². The largest absolute Gasteiger partial charge is 0.459 e. The summed E-state index contributed by atoms with van der Waals surface area (Å²) in [6, 6.07) is 4.58. The van der Waals surface area contributed by atoms with Crippen molar-refractivity contribution in [1.29, 1.82) is 0 Å². The lowest BCUT2D eigenvalue weighted by atomic mass is 10.2. The second-order valence-electron chi connectivity index (χ2n) is 3.66. The van der Waals surface area contributed by atoms with Crippen molar-refractivity contribution in [2.45, 2.75) is 17.9 Å². The maximum absolute atomic E-state index is 13.2. The van der Waals surface area contributed by atoms with Crippen molar-refractivity contribution < 1.29 is 18.3 Å². The van der Waals surface area contributed by atoms with E-state index in [1.807, 2.05) is 0 Å². The number of ether oxygens (including phenoxy) is 1. The van der Waals surface area contributed by atoms with Gasteiger partial charge in [-0.1, -0.05) is 32.8 Å². The predicted molar refractivity (Wildman–Crippen MR) is 73.9 cm³/mol. The molecule has 2 rings (SSSR count). The van der Waals surface area contributed by atoms with Crippen molar-refractivity contribution in [3.8, 4) is 0 Å². The molecule has 0 fully saturated rings. The number of hydrogen-bond acceptors (Lipinski definition) is 6. The van der Waals surface area contributed by atoms with Gasteiger partial charge < -0.3 is 9.15 Å². The predicted octanol–water partition coefficient (Wildman–Crippen LogP) is 3.44. The zero-order valence-electron chi connectivity index (χ0n) is 10.4. The minimum Gasteiger partial charge on any atom is -0.459 e. The molecule has 0 aliphatic rings. The van der Waals surface area contributed by atoms with Gasteiger partial charge in [0.2, 0.25) is 0 Å². The maximum atomic E-state index is 13.2. The van der Waals surface area contributed by atoms with Crippen molar-refractivity contribution in [3.63, 3.8) is 0 Å². The molecule has 1 aromatic carbocycles. The van der Waals surface area contributed by atoms with Gasteiger partial charge in [0.05, 0.1) is 6.61 Å². The maximum Gasteiger partial charge on any atom is 0.396 e. The van der Waals surface area contributed by atoms with Crippen molar-refractivity contribution in [3.05, 3.63) is 39.9 Å². The Hall–Kier alpha value is -1.41. The summed E-state index contributed by atoms with van der Waals surface area (Å²) >= 11 is 4.43. The SMILES string of the molecule is CCOC(=O)c1nnc(SCc2cc(F)cc(Br)c2)o1. The monoisotopic (exact) mass is 360 g/mol. The van der Waals surface area contributed by atoms with Crippen LogP contribution in [0, 0.1) is 5.82 Å². The third kappa shape index (κ3) is 4.04. The van der Waals surface area contributed by atoms with E-state index in [1.54, 1.807) is 13.0 Å². The zero-order valence-corrected chi connectivity index (χ0v) is 12.8. The van der Waals surface area contributed by atoms with E-state index >= 15 is 0 Å². The minimum absolute atomic E-state index is 0.185. The standard InChI is InChI=1S/C12H10BrFN2O3S/c1-2-18-11(17)10-15-16-12(19-10)20-6-7-3-8(13)5-9(14)4-7/h3-5H,2,6H2,1H3. The lowest BCUT2D eigenvalue weighted by molar-refractivity contribution is 0.0475. The van der Waals surface area contributed by atoms with Crippen LogP contribution in [0.25, 0.3) is 0 Å². The Morgan fingerprint density at radius 3 is 2.95 bits per heavy atom. The molecule has 0 saturated carbocycles. The first-order chi connectivity index (χ1) is 9.58. The van der Waals surface area contributed by atoms with E-state index in [1.165, 1.54) is 23.9 Å². The Morgan fingerprint density at radius 2 is 2.25 bits per heavy atom. The number of thioether (sulfide) groups is 1. The summed E-state index contributed by atoms with van der Waals surface area (Å²) in [5.74, 6) is -0.719. The fourth-order valence-electron chi connectivity index (χ4n) is 1.38. The first-order valence-electron chi connectivity index (χ1n) is 5.67. The number of carbonyl (C=O) groups excluding carboxylic acids is 1. The van der Waals surface area contributed by atoms with Gasteiger partial charge in [0.25, 0.3) is 5.22 Å². The number of hydrogen-bond donors (Lipinski definition) is 0. The van der Waals surface area contributed by atoms with Gasteiger partial charge in [-0.25, -0.2) is 9.18 Å². The highest BCUT2D eigenvalue weighted by Gasteiger charge is 2.16.